The number of nitrogens with zero attached hydrogens (tertiary/aromatic N) is 6. The van der Waals surface area contributed by atoms with Gasteiger partial charge in [0.05, 0.1) is 17.7 Å². The third-order valence-corrected chi connectivity index (χ3v) is 3.95. The molecule has 0 aliphatic carbocycles. The fourth-order valence-electron chi connectivity index (χ4n) is 2.69. The highest BCUT2D eigenvalue weighted by Gasteiger charge is 2.15. The van der Waals surface area contributed by atoms with Crippen molar-refractivity contribution in [2.75, 3.05) is 18.5 Å². The van der Waals surface area contributed by atoms with Gasteiger partial charge in [-0.15, -0.1) is 0 Å². The average molecular weight is 341 g/mol. The zero-order valence-electron chi connectivity index (χ0n) is 14.8. The van der Waals surface area contributed by atoms with E-state index < -0.39 is 0 Å². The summed E-state index contributed by atoms with van der Waals surface area (Å²) >= 11 is 0. The van der Waals surface area contributed by atoms with Crippen LogP contribution in [-0.4, -0.2) is 49.0 Å². The van der Waals surface area contributed by atoms with Crippen molar-refractivity contribution in [1.29, 1.82) is 0 Å². The van der Waals surface area contributed by atoms with E-state index in [2.05, 4.69) is 44.2 Å². The summed E-state index contributed by atoms with van der Waals surface area (Å²) in [6, 6.07) is 1.76. The van der Waals surface area contributed by atoms with Crippen LogP contribution in [0.15, 0.2) is 31.0 Å². The van der Waals surface area contributed by atoms with Gasteiger partial charge in [0.25, 0.3) is 5.95 Å². The number of anilines is 1. The molecule has 0 saturated carbocycles. The Morgan fingerprint density at radius 2 is 1.96 bits per heavy atom. The van der Waals surface area contributed by atoms with Crippen molar-refractivity contribution in [2.45, 2.75) is 33.3 Å². The Kier molecular flexibility index (Phi) is 5.49. The van der Waals surface area contributed by atoms with Gasteiger partial charge >= 0.3 is 0 Å². The van der Waals surface area contributed by atoms with E-state index in [0.717, 1.165) is 30.8 Å². The highest BCUT2D eigenvalue weighted by molar-refractivity contribution is 5.86. The molecule has 0 aliphatic rings. The molecule has 3 heterocycles. The Bertz CT molecular complexity index is 803. The Labute approximate surface area is 146 Å². The molecule has 0 bridgehead atoms. The monoisotopic (exact) mass is 341 g/mol. The summed E-state index contributed by atoms with van der Waals surface area (Å²) in [4.78, 5) is 17.1. The fourth-order valence-corrected chi connectivity index (χ4v) is 2.69. The second-order valence-electron chi connectivity index (χ2n) is 6.02. The van der Waals surface area contributed by atoms with Crippen molar-refractivity contribution in [3.05, 3.63) is 31.0 Å². The van der Waals surface area contributed by atoms with Crippen LogP contribution in [0.1, 0.15) is 27.2 Å². The summed E-state index contributed by atoms with van der Waals surface area (Å²) in [5.41, 5.74) is 0.675. The van der Waals surface area contributed by atoms with Crippen molar-refractivity contribution < 1.29 is 4.74 Å². The molecule has 0 unspecified atom stereocenters. The quantitative estimate of drug-likeness (QED) is 0.673. The topological polar surface area (TPSA) is 90.6 Å². The summed E-state index contributed by atoms with van der Waals surface area (Å²) in [6.07, 6.45) is 7.75. The molecule has 1 atom stereocenters. The van der Waals surface area contributed by atoms with Crippen molar-refractivity contribution in [3.8, 4) is 5.95 Å². The van der Waals surface area contributed by atoms with Crippen molar-refractivity contribution in [3.63, 3.8) is 0 Å². The maximum absolute atomic E-state index is 5.79. The molecule has 0 aliphatic heterocycles. The number of fused-ring (bicyclic) bond motifs is 1. The van der Waals surface area contributed by atoms with Gasteiger partial charge in [-0.1, -0.05) is 13.8 Å². The first-order valence-corrected chi connectivity index (χ1v) is 8.52. The van der Waals surface area contributed by atoms with Crippen LogP contribution in [0.25, 0.3) is 17.0 Å². The highest BCUT2D eigenvalue weighted by atomic mass is 16.5. The summed E-state index contributed by atoms with van der Waals surface area (Å²) < 4.78 is 7.40. The first-order valence-electron chi connectivity index (χ1n) is 8.52. The van der Waals surface area contributed by atoms with E-state index in [1.165, 1.54) is 6.33 Å². The van der Waals surface area contributed by atoms with Crippen LogP contribution in [0.3, 0.4) is 0 Å². The predicted molar refractivity (Wildman–Crippen MR) is 95.6 cm³/mol. The van der Waals surface area contributed by atoms with E-state index in [4.69, 9.17) is 4.74 Å². The number of aromatic nitrogens is 6. The third-order valence-electron chi connectivity index (χ3n) is 3.95. The summed E-state index contributed by atoms with van der Waals surface area (Å²) in [7, 11) is 0. The third kappa shape index (κ3) is 3.90. The molecule has 0 fully saturated rings. The maximum atomic E-state index is 5.79. The van der Waals surface area contributed by atoms with E-state index in [-0.39, 0.29) is 6.10 Å². The largest absolute Gasteiger partial charge is 0.378 e. The fraction of sp³-hybridized carbons (Fsp3) is 0.471. The number of hydrogen-bond donors (Lipinski definition) is 1. The lowest BCUT2D eigenvalue weighted by atomic mass is 10.0. The lowest BCUT2D eigenvalue weighted by molar-refractivity contribution is 0.0272. The summed E-state index contributed by atoms with van der Waals surface area (Å²) in [6.45, 7) is 7.86. The number of nitrogens with one attached hydrogen (secondary N) is 1. The Balaban J connectivity index is 1.76. The van der Waals surface area contributed by atoms with Crippen LogP contribution in [0, 0.1) is 5.92 Å². The normalized spacial score (nSPS) is 12.6. The van der Waals surface area contributed by atoms with Gasteiger partial charge in [-0.25, -0.2) is 19.9 Å². The highest BCUT2D eigenvalue weighted by Crippen LogP contribution is 2.20. The molecule has 0 spiro atoms. The van der Waals surface area contributed by atoms with Gasteiger partial charge in [-0.2, -0.15) is 9.78 Å². The van der Waals surface area contributed by atoms with E-state index >= 15 is 0 Å². The molecule has 0 radical (unpaired) electrons. The molecule has 0 amide bonds. The van der Waals surface area contributed by atoms with Gasteiger partial charge in [0.15, 0.2) is 5.65 Å². The Morgan fingerprint density at radius 3 is 2.68 bits per heavy atom. The molecule has 1 N–H and O–H groups in total. The Morgan fingerprint density at radius 1 is 1.16 bits per heavy atom. The van der Waals surface area contributed by atoms with E-state index in [0.29, 0.717) is 17.5 Å². The van der Waals surface area contributed by atoms with Crippen LogP contribution in [0.2, 0.25) is 0 Å². The SMILES string of the molecule is CCO[C@H](CCNc1ncnc2c1cnn2-c1ncccn1)C(C)C. The molecule has 3 aromatic rings. The lowest BCUT2D eigenvalue weighted by Gasteiger charge is -2.21. The first kappa shape index (κ1) is 17.2. The van der Waals surface area contributed by atoms with Crippen molar-refractivity contribution in [1.82, 2.24) is 29.7 Å². The predicted octanol–water partition coefficient (Wildman–Crippen LogP) is 2.47. The molecule has 3 rings (SSSR count). The summed E-state index contributed by atoms with van der Waals surface area (Å²) in [5.74, 6) is 1.72. The molecular weight excluding hydrogens is 318 g/mol. The molecular formula is C17H23N7O. The standard InChI is InChI=1S/C17H23N7O/c1-4-25-14(12(2)3)6-9-18-15-13-10-23-24(16(13)22-11-21-15)17-19-7-5-8-20-17/h5,7-8,10-12,14H,4,6,9H2,1-3H3,(H,18,21,22)/t14-/m1/s1. The molecule has 132 valence electrons. The summed E-state index contributed by atoms with van der Waals surface area (Å²) in [5, 5.41) is 8.56. The molecule has 8 nitrogen and oxygen atoms in total. The van der Waals surface area contributed by atoms with Gasteiger partial charge in [-0.3, -0.25) is 0 Å². The minimum absolute atomic E-state index is 0.232. The van der Waals surface area contributed by atoms with Crippen LogP contribution in [-0.2, 0) is 4.74 Å². The average Bonchev–Trinajstić information content (AvgIpc) is 3.06. The van der Waals surface area contributed by atoms with Gasteiger partial charge < -0.3 is 10.1 Å². The second-order valence-corrected chi connectivity index (χ2v) is 6.02. The molecule has 8 heteroatoms. The lowest BCUT2D eigenvalue weighted by Crippen LogP contribution is -2.23. The molecule has 25 heavy (non-hydrogen) atoms. The van der Waals surface area contributed by atoms with Crippen molar-refractivity contribution in [2.24, 2.45) is 5.92 Å². The molecule has 3 aromatic heterocycles. The number of rotatable bonds is 8. The van der Waals surface area contributed by atoms with E-state index in [1.54, 1.807) is 29.3 Å². The number of hydrogen-bond acceptors (Lipinski definition) is 7. The molecule has 0 saturated heterocycles. The van der Waals surface area contributed by atoms with Crippen molar-refractivity contribution >= 4 is 16.9 Å². The second kappa shape index (κ2) is 7.98. The maximum Gasteiger partial charge on any atom is 0.252 e. The van der Waals surface area contributed by atoms with E-state index in [9.17, 15) is 0 Å². The molecule has 0 aromatic carbocycles. The smallest absolute Gasteiger partial charge is 0.252 e. The zero-order chi connectivity index (χ0) is 17.6. The minimum Gasteiger partial charge on any atom is -0.378 e. The number of ether oxygens (including phenoxy) is 1. The Hall–Kier alpha value is -2.61. The van der Waals surface area contributed by atoms with Crippen LogP contribution in [0.5, 0.6) is 0 Å². The zero-order valence-corrected chi connectivity index (χ0v) is 14.8. The van der Waals surface area contributed by atoms with Gasteiger partial charge in [0.1, 0.15) is 12.1 Å². The van der Waals surface area contributed by atoms with Crippen LogP contribution < -0.4 is 5.32 Å². The van der Waals surface area contributed by atoms with Gasteiger partial charge in [0.2, 0.25) is 0 Å². The van der Waals surface area contributed by atoms with Gasteiger partial charge in [-0.05, 0) is 25.3 Å². The van der Waals surface area contributed by atoms with Gasteiger partial charge in [0, 0.05) is 25.5 Å². The van der Waals surface area contributed by atoms with Crippen LogP contribution in [0.4, 0.5) is 5.82 Å². The van der Waals surface area contributed by atoms with Crippen LogP contribution >= 0.6 is 0 Å². The minimum atomic E-state index is 0.232. The first-order chi connectivity index (χ1) is 12.2. The van der Waals surface area contributed by atoms with E-state index in [1.807, 2.05) is 6.92 Å².